The summed E-state index contributed by atoms with van der Waals surface area (Å²) in [5, 5.41) is 3.48. The van der Waals surface area contributed by atoms with E-state index < -0.39 is 12.7 Å². The van der Waals surface area contributed by atoms with Crippen molar-refractivity contribution in [2.24, 2.45) is 5.92 Å². The molecule has 2 nitrogen and oxygen atoms in total. The van der Waals surface area contributed by atoms with Crippen LogP contribution in [0.4, 0.5) is 13.2 Å². The van der Waals surface area contributed by atoms with Crippen LogP contribution in [0.15, 0.2) is 0 Å². The topological polar surface area (TPSA) is 15.3 Å². The third-order valence-corrected chi connectivity index (χ3v) is 4.18. The van der Waals surface area contributed by atoms with Gasteiger partial charge >= 0.3 is 6.18 Å². The van der Waals surface area contributed by atoms with Crippen LogP contribution in [0.5, 0.6) is 0 Å². The van der Waals surface area contributed by atoms with Gasteiger partial charge in [0.15, 0.2) is 0 Å². The lowest BCUT2D eigenvalue weighted by molar-refractivity contribution is -0.146. The zero-order valence-electron chi connectivity index (χ0n) is 12.8. The molecule has 0 saturated heterocycles. The molecule has 0 aromatic rings. The smallest absolute Gasteiger partial charge is 0.312 e. The van der Waals surface area contributed by atoms with Crippen LogP contribution < -0.4 is 5.32 Å². The standard InChI is InChI=1S/C15H29F3N2/c1-3-10-19-14(13-8-6-5-7-9-13)11-20(4-2)12-15(16,17)18/h13-14,19H,3-12H2,1-2H3. The second-order valence-electron chi connectivity index (χ2n) is 5.90. The molecule has 1 rings (SSSR count). The molecule has 1 aliphatic rings. The Morgan fingerprint density at radius 2 is 1.80 bits per heavy atom. The minimum atomic E-state index is -4.10. The van der Waals surface area contributed by atoms with E-state index in [0.29, 0.717) is 19.0 Å². The van der Waals surface area contributed by atoms with Gasteiger partial charge < -0.3 is 5.32 Å². The molecule has 1 N–H and O–H groups in total. The highest BCUT2D eigenvalue weighted by molar-refractivity contribution is 4.82. The molecule has 1 fully saturated rings. The van der Waals surface area contributed by atoms with Gasteiger partial charge in [-0.3, -0.25) is 4.90 Å². The number of nitrogens with one attached hydrogen (secondary N) is 1. The van der Waals surface area contributed by atoms with Crippen LogP contribution in [0.3, 0.4) is 0 Å². The quantitative estimate of drug-likeness (QED) is 0.732. The van der Waals surface area contributed by atoms with Gasteiger partial charge in [-0.1, -0.05) is 33.1 Å². The third kappa shape index (κ3) is 6.93. The Bertz CT molecular complexity index is 250. The van der Waals surface area contributed by atoms with Gasteiger partial charge in [0, 0.05) is 12.6 Å². The Morgan fingerprint density at radius 3 is 2.30 bits per heavy atom. The molecule has 0 bridgehead atoms. The molecule has 0 radical (unpaired) electrons. The van der Waals surface area contributed by atoms with Crippen LogP contribution in [-0.2, 0) is 0 Å². The van der Waals surface area contributed by atoms with Gasteiger partial charge in [0.2, 0.25) is 0 Å². The van der Waals surface area contributed by atoms with Crippen molar-refractivity contribution in [1.29, 1.82) is 0 Å². The maximum absolute atomic E-state index is 12.6. The second-order valence-corrected chi connectivity index (χ2v) is 5.90. The van der Waals surface area contributed by atoms with Crippen LogP contribution >= 0.6 is 0 Å². The van der Waals surface area contributed by atoms with Gasteiger partial charge in [0.1, 0.15) is 0 Å². The molecule has 1 saturated carbocycles. The van der Waals surface area contributed by atoms with Gasteiger partial charge in [-0.05, 0) is 38.3 Å². The molecule has 1 aliphatic carbocycles. The zero-order valence-corrected chi connectivity index (χ0v) is 12.8. The highest BCUT2D eigenvalue weighted by Crippen LogP contribution is 2.27. The van der Waals surface area contributed by atoms with Gasteiger partial charge in [-0.15, -0.1) is 0 Å². The fourth-order valence-electron chi connectivity index (χ4n) is 3.08. The van der Waals surface area contributed by atoms with E-state index in [1.807, 2.05) is 6.92 Å². The summed E-state index contributed by atoms with van der Waals surface area (Å²) >= 11 is 0. The van der Waals surface area contributed by atoms with E-state index in [1.54, 1.807) is 0 Å². The predicted octanol–water partition coefficient (Wildman–Crippen LogP) is 3.82. The maximum atomic E-state index is 12.6. The van der Waals surface area contributed by atoms with E-state index in [9.17, 15) is 13.2 Å². The van der Waals surface area contributed by atoms with Gasteiger partial charge in [-0.2, -0.15) is 13.2 Å². The first-order chi connectivity index (χ1) is 9.46. The largest absolute Gasteiger partial charge is 0.401 e. The number of rotatable bonds is 8. The Labute approximate surface area is 121 Å². The second kappa shape index (κ2) is 8.88. The molecular formula is C15H29F3N2. The summed E-state index contributed by atoms with van der Waals surface area (Å²) in [6.45, 7) is 4.98. The van der Waals surface area contributed by atoms with E-state index in [1.165, 1.54) is 24.2 Å². The van der Waals surface area contributed by atoms with E-state index in [2.05, 4.69) is 12.2 Å². The molecule has 0 aliphatic heterocycles. The molecule has 0 aromatic heterocycles. The van der Waals surface area contributed by atoms with E-state index in [0.717, 1.165) is 25.8 Å². The lowest BCUT2D eigenvalue weighted by Crippen LogP contribution is -2.48. The van der Waals surface area contributed by atoms with Crippen LogP contribution in [0.1, 0.15) is 52.4 Å². The predicted molar refractivity (Wildman–Crippen MR) is 76.8 cm³/mol. The highest BCUT2D eigenvalue weighted by atomic mass is 19.4. The number of hydrogen-bond acceptors (Lipinski definition) is 2. The third-order valence-electron chi connectivity index (χ3n) is 4.18. The summed E-state index contributed by atoms with van der Waals surface area (Å²) in [5.41, 5.74) is 0. The summed E-state index contributed by atoms with van der Waals surface area (Å²) in [6, 6.07) is 0.206. The van der Waals surface area contributed by atoms with Crippen LogP contribution in [0, 0.1) is 5.92 Å². The fourth-order valence-corrected chi connectivity index (χ4v) is 3.08. The van der Waals surface area contributed by atoms with Crippen molar-refractivity contribution in [3.8, 4) is 0 Å². The number of alkyl halides is 3. The Kier molecular flexibility index (Phi) is 7.88. The minimum absolute atomic E-state index is 0.206. The summed E-state index contributed by atoms with van der Waals surface area (Å²) in [6.07, 6.45) is 2.96. The van der Waals surface area contributed by atoms with E-state index in [-0.39, 0.29) is 6.04 Å². The Balaban J connectivity index is 2.56. The number of likely N-dealkylation sites (N-methyl/N-ethyl adjacent to an activating group) is 1. The minimum Gasteiger partial charge on any atom is -0.312 e. The first-order valence-corrected chi connectivity index (χ1v) is 7.98. The molecule has 0 spiro atoms. The first kappa shape index (κ1) is 17.8. The maximum Gasteiger partial charge on any atom is 0.401 e. The first-order valence-electron chi connectivity index (χ1n) is 7.98. The molecule has 1 unspecified atom stereocenters. The number of halogens is 3. The van der Waals surface area contributed by atoms with Crippen LogP contribution in [0.25, 0.3) is 0 Å². The molecular weight excluding hydrogens is 265 g/mol. The molecule has 5 heteroatoms. The fraction of sp³-hybridized carbons (Fsp3) is 1.00. The summed E-state index contributed by atoms with van der Waals surface area (Å²) in [7, 11) is 0. The van der Waals surface area contributed by atoms with Crippen molar-refractivity contribution < 1.29 is 13.2 Å². The SMILES string of the molecule is CCCNC(CN(CC)CC(F)(F)F)C1CCCCC1. The lowest BCUT2D eigenvalue weighted by Gasteiger charge is -2.35. The summed E-state index contributed by atoms with van der Waals surface area (Å²) in [5.74, 6) is 0.539. The van der Waals surface area contributed by atoms with E-state index in [4.69, 9.17) is 0 Å². The average molecular weight is 294 g/mol. The molecule has 0 heterocycles. The van der Waals surface area contributed by atoms with Crippen molar-refractivity contribution in [3.05, 3.63) is 0 Å². The number of hydrogen-bond donors (Lipinski definition) is 1. The van der Waals surface area contributed by atoms with Crippen LogP contribution in [-0.4, -0.2) is 43.3 Å². The highest BCUT2D eigenvalue weighted by Gasteiger charge is 2.32. The lowest BCUT2D eigenvalue weighted by atomic mass is 9.83. The van der Waals surface area contributed by atoms with Crippen molar-refractivity contribution in [2.75, 3.05) is 26.2 Å². The molecule has 120 valence electrons. The normalized spacial score (nSPS) is 19.5. The van der Waals surface area contributed by atoms with Crippen molar-refractivity contribution >= 4 is 0 Å². The summed E-state index contributed by atoms with van der Waals surface area (Å²) in [4.78, 5) is 1.53. The monoisotopic (exact) mass is 294 g/mol. The molecule has 1 atom stereocenters. The summed E-state index contributed by atoms with van der Waals surface area (Å²) < 4.78 is 37.7. The van der Waals surface area contributed by atoms with Crippen molar-refractivity contribution in [2.45, 2.75) is 64.6 Å². The van der Waals surface area contributed by atoms with Crippen LogP contribution in [0.2, 0.25) is 0 Å². The number of nitrogens with zero attached hydrogens (tertiary/aromatic N) is 1. The Hall–Kier alpha value is -0.290. The van der Waals surface area contributed by atoms with Gasteiger partial charge in [0.05, 0.1) is 6.54 Å². The van der Waals surface area contributed by atoms with Gasteiger partial charge in [-0.25, -0.2) is 0 Å². The zero-order chi connectivity index (χ0) is 15.0. The van der Waals surface area contributed by atoms with E-state index >= 15 is 0 Å². The van der Waals surface area contributed by atoms with Crippen molar-refractivity contribution in [1.82, 2.24) is 10.2 Å². The Morgan fingerprint density at radius 1 is 1.15 bits per heavy atom. The molecule has 0 aromatic carbocycles. The average Bonchev–Trinajstić information content (AvgIpc) is 2.41. The van der Waals surface area contributed by atoms with Crippen molar-refractivity contribution in [3.63, 3.8) is 0 Å². The molecule has 0 amide bonds. The van der Waals surface area contributed by atoms with Gasteiger partial charge in [0.25, 0.3) is 0 Å². The molecule has 20 heavy (non-hydrogen) atoms.